The van der Waals surface area contributed by atoms with Crippen molar-refractivity contribution in [3.8, 4) is 11.3 Å². The molecule has 10 heteroatoms. The summed E-state index contributed by atoms with van der Waals surface area (Å²) in [6, 6.07) is 10.6. The molecular formula is C29H33N7O3. The van der Waals surface area contributed by atoms with Crippen molar-refractivity contribution in [1.29, 1.82) is 0 Å². The number of nitrogen functional groups attached to an aromatic ring is 1. The predicted octanol–water partition coefficient (Wildman–Crippen LogP) is 4.30. The first-order chi connectivity index (χ1) is 18.8. The molecule has 3 aromatic heterocycles. The van der Waals surface area contributed by atoms with E-state index in [1.165, 1.54) is 6.08 Å². The normalized spacial score (nSPS) is 12.1. The van der Waals surface area contributed by atoms with Crippen molar-refractivity contribution in [2.45, 2.75) is 32.7 Å². The lowest BCUT2D eigenvalue weighted by atomic mass is 10.1. The van der Waals surface area contributed by atoms with Crippen LogP contribution in [0.3, 0.4) is 0 Å². The second kappa shape index (κ2) is 12.3. The molecule has 0 bridgehead atoms. The van der Waals surface area contributed by atoms with Crippen LogP contribution in [-0.4, -0.2) is 56.8 Å². The number of nitrogens with one attached hydrogen (secondary N) is 1. The second-order valence-corrected chi connectivity index (χ2v) is 9.16. The Morgan fingerprint density at radius 1 is 1.18 bits per heavy atom. The number of rotatable bonds is 10. The number of amides is 2. The van der Waals surface area contributed by atoms with Crippen LogP contribution in [-0.2, 0) is 16.0 Å². The van der Waals surface area contributed by atoms with E-state index in [-0.39, 0.29) is 17.9 Å². The first-order valence-electron chi connectivity index (χ1n) is 12.8. The van der Waals surface area contributed by atoms with Gasteiger partial charge in [-0.25, -0.2) is 15.0 Å². The van der Waals surface area contributed by atoms with E-state index in [1.807, 2.05) is 35.6 Å². The molecule has 0 aliphatic heterocycles. The number of benzene rings is 1. The zero-order valence-electron chi connectivity index (χ0n) is 22.6. The first-order valence-corrected chi connectivity index (χ1v) is 12.8. The summed E-state index contributed by atoms with van der Waals surface area (Å²) < 4.78 is 6.83. The van der Waals surface area contributed by atoms with Crippen LogP contribution in [0.5, 0.6) is 0 Å². The third-order valence-corrected chi connectivity index (χ3v) is 6.46. The summed E-state index contributed by atoms with van der Waals surface area (Å²) in [5, 5.41) is 2.86. The molecule has 1 unspecified atom stereocenters. The van der Waals surface area contributed by atoms with Gasteiger partial charge in [0.2, 0.25) is 5.91 Å². The van der Waals surface area contributed by atoms with Crippen LogP contribution in [0.25, 0.3) is 16.8 Å². The minimum atomic E-state index is -0.367. The number of nitrogens with two attached hydrogens (primary N) is 1. The van der Waals surface area contributed by atoms with E-state index < -0.39 is 0 Å². The van der Waals surface area contributed by atoms with Crippen molar-refractivity contribution in [2.24, 2.45) is 0 Å². The van der Waals surface area contributed by atoms with Crippen molar-refractivity contribution >= 4 is 29.0 Å². The van der Waals surface area contributed by atoms with Crippen LogP contribution in [0, 0.1) is 0 Å². The maximum atomic E-state index is 12.9. The summed E-state index contributed by atoms with van der Waals surface area (Å²) in [7, 11) is 3.29. The van der Waals surface area contributed by atoms with Gasteiger partial charge in [-0.3, -0.25) is 14.0 Å². The number of likely N-dealkylation sites (N-methyl/N-ethyl adjacent to an activating group) is 1. The van der Waals surface area contributed by atoms with Crippen molar-refractivity contribution < 1.29 is 14.3 Å². The maximum Gasteiger partial charge on any atom is 0.256 e. The van der Waals surface area contributed by atoms with Crippen molar-refractivity contribution in [2.75, 3.05) is 31.8 Å². The Morgan fingerprint density at radius 3 is 2.67 bits per heavy atom. The minimum absolute atomic E-state index is 0.176. The number of hydrogen-bond acceptors (Lipinski definition) is 7. The number of hydrogen-bond donors (Lipinski definition) is 2. The van der Waals surface area contributed by atoms with Gasteiger partial charge in [0, 0.05) is 50.0 Å². The highest BCUT2D eigenvalue weighted by atomic mass is 16.5. The molecule has 0 aliphatic carbocycles. The average molecular weight is 528 g/mol. The Morgan fingerprint density at radius 2 is 1.95 bits per heavy atom. The Labute approximate surface area is 227 Å². The molecule has 0 saturated heterocycles. The molecule has 10 nitrogen and oxygen atoms in total. The predicted molar refractivity (Wildman–Crippen MR) is 151 cm³/mol. The Hall–Kier alpha value is -4.57. The van der Waals surface area contributed by atoms with Gasteiger partial charge in [0.15, 0.2) is 0 Å². The molecule has 0 radical (unpaired) electrons. The van der Waals surface area contributed by atoms with Gasteiger partial charge in [-0.1, -0.05) is 31.6 Å². The maximum absolute atomic E-state index is 12.9. The van der Waals surface area contributed by atoms with E-state index in [0.717, 1.165) is 24.0 Å². The number of anilines is 2. The summed E-state index contributed by atoms with van der Waals surface area (Å²) in [6.07, 6.45) is 10.2. The van der Waals surface area contributed by atoms with E-state index in [0.29, 0.717) is 40.8 Å². The van der Waals surface area contributed by atoms with Crippen LogP contribution in [0.2, 0.25) is 0 Å². The number of ether oxygens (including phenoxy) is 1. The topological polar surface area (TPSA) is 128 Å². The summed E-state index contributed by atoms with van der Waals surface area (Å²) in [4.78, 5) is 40.5. The van der Waals surface area contributed by atoms with E-state index in [2.05, 4.69) is 22.2 Å². The lowest BCUT2D eigenvalue weighted by Crippen LogP contribution is -2.29. The number of nitrogens with zero attached hydrogens (tertiary/aromatic N) is 5. The van der Waals surface area contributed by atoms with E-state index >= 15 is 0 Å². The SMILES string of the molecule is CCCc1ccnc(NC(=O)c2ccc(-c3nc(C(C)N(C)C(=O)C=CCOC)n4ccnc(N)c34)cc2)c1. The molecule has 3 N–H and O–H groups in total. The molecular weight excluding hydrogens is 494 g/mol. The molecule has 4 aromatic rings. The lowest BCUT2D eigenvalue weighted by molar-refractivity contribution is -0.126. The Kier molecular flexibility index (Phi) is 8.67. The van der Waals surface area contributed by atoms with Gasteiger partial charge in [-0.05, 0) is 43.2 Å². The minimum Gasteiger partial charge on any atom is -0.382 e. The van der Waals surface area contributed by atoms with Gasteiger partial charge >= 0.3 is 0 Å². The highest BCUT2D eigenvalue weighted by Gasteiger charge is 2.24. The zero-order chi connectivity index (χ0) is 27.9. The molecule has 0 saturated carbocycles. The monoisotopic (exact) mass is 527 g/mol. The number of pyridine rings is 1. The molecule has 202 valence electrons. The molecule has 0 fully saturated rings. The van der Waals surface area contributed by atoms with Gasteiger partial charge in [-0.15, -0.1) is 0 Å². The highest BCUT2D eigenvalue weighted by molar-refractivity contribution is 6.04. The second-order valence-electron chi connectivity index (χ2n) is 9.16. The van der Waals surface area contributed by atoms with Crippen LogP contribution in [0.4, 0.5) is 11.6 Å². The summed E-state index contributed by atoms with van der Waals surface area (Å²) >= 11 is 0. The Bertz CT molecular complexity index is 1490. The third kappa shape index (κ3) is 6.12. The van der Waals surface area contributed by atoms with Gasteiger partial charge < -0.3 is 20.7 Å². The van der Waals surface area contributed by atoms with Crippen LogP contribution < -0.4 is 11.1 Å². The molecule has 2 amide bonds. The molecule has 1 aromatic carbocycles. The number of aryl methyl sites for hydroxylation is 1. The van der Waals surface area contributed by atoms with E-state index in [9.17, 15) is 9.59 Å². The van der Waals surface area contributed by atoms with Crippen molar-refractivity contribution in [1.82, 2.24) is 24.3 Å². The average Bonchev–Trinajstić information content (AvgIpc) is 3.34. The summed E-state index contributed by atoms with van der Waals surface area (Å²) in [6.45, 7) is 4.35. The standard InChI is InChI=1S/C29H33N7O3/c1-5-7-20-13-14-31-23(18-20)33-29(38)22-11-9-21(10-12-22)25-26-27(30)32-15-16-36(26)28(34-25)19(2)35(3)24(37)8-6-17-39-4/h6,8-16,18-19H,5,7,17H2,1-4H3,(H2,30,32)(H,31,33,38). The number of fused-ring (bicyclic) bond motifs is 1. The van der Waals surface area contributed by atoms with Gasteiger partial charge in [0.1, 0.15) is 28.7 Å². The number of carbonyl (C=O) groups excluding carboxylic acids is 2. The number of carbonyl (C=O) groups is 2. The van der Waals surface area contributed by atoms with E-state index in [4.69, 9.17) is 15.5 Å². The molecule has 0 spiro atoms. The van der Waals surface area contributed by atoms with Crippen LogP contribution in [0.1, 0.15) is 48.1 Å². The van der Waals surface area contributed by atoms with Crippen LogP contribution in [0.15, 0.2) is 67.1 Å². The van der Waals surface area contributed by atoms with E-state index in [1.54, 1.807) is 55.9 Å². The molecule has 4 rings (SSSR count). The summed E-state index contributed by atoms with van der Waals surface area (Å²) in [5.74, 6) is 1.03. The molecule has 1 atom stereocenters. The summed E-state index contributed by atoms with van der Waals surface area (Å²) in [5.41, 5.74) is 9.88. The lowest BCUT2D eigenvalue weighted by Gasteiger charge is -2.22. The fourth-order valence-electron chi connectivity index (χ4n) is 4.26. The zero-order valence-corrected chi connectivity index (χ0v) is 22.6. The number of methoxy groups -OCH3 is 1. The number of aromatic nitrogens is 4. The largest absolute Gasteiger partial charge is 0.382 e. The van der Waals surface area contributed by atoms with Crippen molar-refractivity contribution in [3.05, 3.63) is 84.1 Å². The smallest absolute Gasteiger partial charge is 0.256 e. The molecule has 3 heterocycles. The fraction of sp³-hybridized carbons (Fsp3) is 0.276. The molecule has 39 heavy (non-hydrogen) atoms. The first kappa shape index (κ1) is 27.5. The highest BCUT2D eigenvalue weighted by Crippen LogP contribution is 2.31. The third-order valence-electron chi connectivity index (χ3n) is 6.46. The quantitative estimate of drug-likeness (QED) is 0.294. The van der Waals surface area contributed by atoms with Crippen LogP contribution >= 0.6 is 0 Å². The Balaban J connectivity index is 1.61. The van der Waals surface area contributed by atoms with Gasteiger partial charge in [-0.2, -0.15) is 0 Å². The van der Waals surface area contributed by atoms with Gasteiger partial charge in [0.25, 0.3) is 5.91 Å². The molecule has 0 aliphatic rings. The van der Waals surface area contributed by atoms with Gasteiger partial charge in [0.05, 0.1) is 12.6 Å². The number of imidazole rings is 1. The fourth-order valence-corrected chi connectivity index (χ4v) is 4.26. The van der Waals surface area contributed by atoms with Crippen molar-refractivity contribution in [3.63, 3.8) is 0 Å².